The fourth-order valence-electron chi connectivity index (χ4n) is 6.39. The summed E-state index contributed by atoms with van der Waals surface area (Å²) in [6, 6.07) is 0.478. The molecular weight excluding hydrogens is 570 g/mol. The van der Waals surface area contributed by atoms with Gasteiger partial charge in [0.1, 0.15) is 0 Å². The summed E-state index contributed by atoms with van der Waals surface area (Å²) in [6.07, 6.45) is 20.9. The number of hydrogen-bond donors (Lipinski definition) is 4. The van der Waals surface area contributed by atoms with Crippen LogP contribution in [0.1, 0.15) is 81.1 Å². The molecule has 2 fully saturated rings. The van der Waals surface area contributed by atoms with Crippen molar-refractivity contribution in [2.75, 3.05) is 0 Å². The van der Waals surface area contributed by atoms with E-state index in [1.807, 2.05) is 79.7 Å². The van der Waals surface area contributed by atoms with E-state index < -0.39 is 0 Å². The molecule has 0 aromatic carbocycles. The molecule has 0 aromatic heterocycles. The topological polar surface area (TPSA) is 105 Å². The second kappa shape index (κ2) is 13.4. The van der Waals surface area contributed by atoms with Gasteiger partial charge in [0.05, 0.1) is 0 Å². The molecule has 222 valence electrons. The van der Waals surface area contributed by atoms with Crippen molar-refractivity contribution in [1.82, 2.24) is 20.8 Å². The Kier molecular flexibility index (Phi) is 11.5. The third kappa shape index (κ3) is 8.92. The smallest absolute Gasteiger partial charge is 0.187 e. The molecule has 4 aliphatic rings. The molecule has 4 N–H and O–H groups in total. The normalized spacial score (nSPS) is 27.4. The first-order valence-corrected chi connectivity index (χ1v) is 14.1. The number of allylic oxidation sites excluding steroid dienone is 10. The van der Waals surface area contributed by atoms with Crippen LogP contribution in [0.2, 0.25) is 0 Å². The number of ketones is 2. The van der Waals surface area contributed by atoms with Crippen molar-refractivity contribution in [2.45, 2.75) is 115 Å². The van der Waals surface area contributed by atoms with Gasteiger partial charge in [-0.05, 0) is 105 Å². The summed E-state index contributed by atoms with van der Waals surface area (Å²) in [5, 5.41) is 30.1. The standard InChI is InChI=1S/2C16H24N2O2.Zn/c2*1-15(2)9-13(10-16(3,4)18(15)20)17-11-12-7-5-6-8-14(12)19;/h2*5-8,11,13,17,20H,9-10H2,1-4H3;/b2*12-11-;. The third-order valence-electron chi connectivity index (χ3n) is 8.06. The second-order valence-corrected chi connectivity index (χ2v) is 13.8. The van der Waals surface area contributed by atoms with Gasteiger partial charge >= 0.3 is 0 Å². The molecule has 0 atom stereocenters. The number of nitrogens with zero attached hydrogens (tertiary/aromatic N) is 2. The summed E-state index contributed by atoms with van der Waals surface area (Å²) >= 11 is 0. The Morgan fingerprint density at radius 2 is 0.878 bits per heavy atom. The van der Waals surface area contributed by atoms with E-state index in [1.54, 1.807) is 36.7 Å². The van der Waals surface area contributed by atoms with Gasteiger partial charge in [0, 0.05) is 77.3 Å². The number of piperidine rings is 2. The zero-order valence-corrected chi connectivity index (χ0v) is 29.0. The van der Waals surface area contributed by atoms with Crippen LogP contribution >= 0.6 is 0 Å². The van der Waals surface area contributed by atoms with E-state index in [4.69, 9.17) is 0 Å². The molecule has 0 amide bonds. The van der Waals surface area contributed by atoms with E-state index in [9.17, 15) is 20.0 Å². The number of hydroxylamine groups is 4. The molecule has 2 saturated heterocycles. The van der Waals surface area contributed by atoms with Gasteiger partial charge in [0.2, 0.25) is 0 Å². The summed E-state index contributed by atoms with van der Waals surface area (Å²) in [5.41, 5.74) is 0.201. The first-order valence-electron chi connectivity index (χ1n) is 14.1. The molecule has 0 unspecified atom stereocenters. The second-order valence-electron chi connectivity index (χ2n) is 13.8. The molecular formula is C32H48N4O4Zn. The van der Waals surface area contributed by atoms with Crippen LogP contribution in [0, 0.1) is 0 Å². The van der Waals surface area contributed by atoms with Crippen molar-refractivity contribution in [3.05, 3.63) is 72.2 Å². The van der Waals surface area contributed by atoms with E-state index in [0.717, 1.165) is 25.7 Å². The molecule has 0 bridgehead atoms. The first kappa shape index (κ1) is 35.0. The van der Waals surface area contributed by atoms with E-state index in [0.29, 0.717) is 11.1 Å². The van der Waals surface area contributed by atoms with Crippen LogP contribution in [0.15, 0.2) is 72.2 Å². The largest absolute Gasteiger partial charge is 0.387 e. The minimum atomic E-state index is -0.287. The molecule has 2 heterocycles. The number of hydrogen-bond acceptors (Lipinski definition) is 8. The summed E-state index contributed by atoms with van der Waals surface area (Å²) in [6.45, 7) is 16.3. The van der Waals surface area contributed by atoms with Gasteiger partial charge < -0.3 is 21.0 Å². The van der Waals surface area contributed by atoms with Crippen molar-refractivity contribution in [2.24, 2.45) is 0 Å². The molecule has 4 rings (SSSR count). The van der Waals surface area contributed by atoms with Crippen LogP contribution in [0.25, 0.3) is 0 Å². The van der Waals surface area contributed by atoms with Gasteiger partial charge in [-0.25, -0.2) is 0 Å². The van der Waals surface area contributed by atoms with E-state index in [2.05, 4.69) is 10.6 Å². The summed E-state index contributed by atoms with van der Waals surface area (Å²) < 4.78 is 0. The molecule has 0 aromatic rings. The maximum Gasteiger partial charge on any atom is 0.187 e. The third-order valence-corrected chi connectivity index (χ3v) is 8.06. The van der Waals surface area contributed by atoms with Gasteiger partial charge in [0.15, 0.2) is 11.6 Å². The molecule has 8 nitrogen and oxygen atoms in total. The molecule has 0 radical (unpaired) electrons. The zero-order chi connectivity index (χ0) is 29.9. The summed E-state index contributed by atoms with van der Waals surface area (Å²) in [7, 11) is 0. The fourth-order valence-corrected chi connectivity index (χ4v) is 6.39. The van der Waals surface area contributed by atoms with E-state index >= 15 is 0 Å². The first-order chi connectivity index (χ1) is 18.4. The van der Waals surface area contributed by atoms with Gasteiger partial charge in [-0.2, -0.15) is 10.1 Å². The Bertz CT molecular complexity index is 1030. The number of rotatable bonds is 4. The Balaban J connectivity index is 0.000000280. The Morgan fingerprint density at radius 3 is 1.15 bits per heavy atom. The minimum absolute atomic E-state index is 0. The molecule has 0 saturated carbocycles. The average molecular weight is 618 g/mol. The molecule has 0 spiro atoms. The summed E-state index contributed by atoms with van der Waals surface area (Å²) in [5.74, 6) is 0.0521. The van der Waals surface area contributed by atoms with Crippen LogP contribution in [-0.4, -0.2) is 66.3 Å². The zero-order valence-electron chi connectivity index (χ0n) is 26.1. The minimum Gasteiger partial charge on any atom is -0.387 e. The predicted molar refractivity (Wildman–Crippen MR) is 159 cm³/mol. The number of nitrogens with one attached hydrogen (secondary N) is 2. The van der Waals surface area contributed by atoms with Gasteiger partial charge in [-0.3, -0.25) is 9.59 Å². The monoisotopic (exact) mass is 616 g/mol. The molecule has 2 aliphatic heterocycles. The molecule has 41 heavy (non-hydrogen) atoms. The maximum atomic E-state index is 11.7. The quantitative estimate of drug-likeness (QED) is 0.254. The van der Waals surface area contributed by atoms with Crippen molar-refractivity contribution < 1.29 is 39.5 Å². The Hall–Kier alpha value is -2.16. The van der Waals surface area contributed by atoms with Crippen LogP contribution < -0.4 is 10.6 Å². The Morgan fingerprint density at radius 1 is 0.610 bits per heavy atom. The number of carbonyl (C=O) groups excluding carboxylic acids is 2. The Labute approximate surface area is 258 Å². The summed E-state index contributed by atoms with van der Waals surface area (Å²) in [4.78, 5) is 23.4. The van der Waals surface area contributed by atoms with Crippen LogP contribution in [0.4, 0.5) is 0 Å². The molecule has 9 heteroatoms. The van der Waals surface area contributed by atoms with Gasteiger partial charge in [-0.15, -0.1) is 0 Å². The predicted octanol–water partition coefficient (Wildman–Crippen LogP) is 5.13. The number of carbonyl (C=O) groups is 2. The van der Waals surface area contributed by atoms with Gasteiger partial charge in [-0.1, -0.05) is 24.3 Å². The van der Waals surface area contributed by atoms with Crippen molar-refractivity contribution in [3.63, 3.8) is 0 Å². The van der Waals surface area contributed by atoms with Crippen molar-refractivity contribution in [1.29, 1.82) is 0 Å². The van der Waals surface area contributed by atoms with E-state index in [-0.39, 0.29) is 65.3 Å². The van der Waals surface area contributed by atoms with Crippen molar-refractivity contribution >= 4 is 11.6 Å². The maximum absolute atomic E-state index is 11.7. The fraction of sp³-hybridized carbons (Fsp3) is 0.562. The van der Waals surface area contributed by atoms with Gasteiger partial charge in [0.25, 0.3) is 0 Å². The van der Waals surface area contributed by atoms with Crippen LogP contribution in [-0.2, 0) is 29.1 Å². The average Bonchev–Trinajstić information content (AvgIpc) is 2.85. The van der Waals surface area contributed by atoms with E-state index in [1.165, 1.54) is 10.1 Å². The van der Waals surface area contributed by atoms with Crippen molar-refractivity contribution in [3.8, 4) is 0 Å². The molecule has 2 aliphatic carbocycles. The van der Waals surface area contributed by atoms with Crippen LogP contribution in [0.5, 0.6) is 0 Å². The van der Waals surface area contributed by atoms with Crippen LogP contribution in [0.3, 0.4) is 0 Å². The SMILES string of the molecule is CC1(C)CC(N/C=C2/C=CC=CC2=O)CC(C)(C)N1O.CC1(C)CC(N/C=C2/C=CC=CC2=O)CC(C)(C)N1O.[Zn].